The van der Waals surface area contributed by atoms with Gasteiger partial charge < -0.3 is 19.7 Å². The summed E-state index contributed by atoms with van der Waals surface area (Å²) in [6.45, 7) is 0.205. The molecule has 3 amide bonds. The van der Waals surface area contributed by atoms with Crippen LogP contribution in [0.3, 0.4) is 0 Å². The van der Waals surface area contributed by atoms with E-state index >= 15 is 4.39 Å². The summed E-state index contributed by atoms with van der Waals surface area (Å²) in [5.74, 6) is -1.07. The number of rotatable bonds is 6. The van der Waals surface area contributed by atoms with E-state index in [4.69, 9.17) is 16.3 Å². The Balaban J connectivity index is 1.30. The van der Waals surface area contributed by atoms with Crippen LogP contribution in [0.5, 0.6) is 0 Å². The minimum Gasteiger partial charge on any atom is -0.465 e. The molecule has 1 fully saturated rings. The number of aromatic amines is 1. The van der Waals surface area contributed by atoms with Crippen molar-refractivity contribution in [3.63, 3.8) is 0 Å². The number of ether oxygens (including phenoxy) is 1. The molecule has 0 saturated carbocycles. The second-order valence-electron chi connectivity index (χ2n) is 10.6. The molecule has 12 heteroatoms. The van der Waals surface area contributed by atoms with Crippen molar-refractivity contribution in [2.45, 2.75) is 24.4 Å². The van der Waals surface area contributed by atoms with Gasteiger partial charge in [0.15, 0.2) is 11.4 Å². The van der Waals surface area contributed by atoms with E-state index in [1.807, 2.05) is 30.3 Å². The van der Waals surface area contributed by atoms with Crippen molar-refractivity contribution in [3.8, 4) is 11.4 Å². The molecule has 3 aromatic carbocycles. The minimum atomic E-state index is -1.37. The Morgan fingerprint density at radius 2 is 1.91 bits per heavy atom. The maximum absolute atomic E-state index is 15.3. The van der Waals surface area contributed by atoms with Gasteiger partial charge in [0.1, 0.15) is 5.82 Å². The highest BCUT2D eigenvalue weighted by atomic mass is 35.5. The molecule has 0 aliphatic carbocycles. The first-order valence-electron chi connectivity index (χ1n) is 13.6. The van der Waals surface area contributed by atoms with Gasteiger partial charge in [-0.05, 0) is 48.4 Å². The van der Waals surface area contributed by atoms with Gasteiger partial charge in [-0.25, -0.2) is 19.0 Å². The fraction of sp³-hybridized carbons (Fsp3) is 0.226. The monoisotopic (exact) mass is 603 g/mol. The zero-order valence-corrected chi connectivity index (χ0v) is 23.8. The average molecular weight is 604 g/mol. The maximum atomic E-state index is 15.3. The second kappa shape index (κ2) is 11.1. The lowest BCUT2D eigenvalue weighted by atomic mass is 9.89. The van der Waals surface area contributed by atoms with Gasteiger partial charge in [-0.15, -0.1) is 0 Å². The molecule has 4 aromatic rings. The number of amides is 3. The summed E-state index contributed by atoms with van der Waals surface area (Å²) < 4.78 is 21.0. The molecule has 3 heterocycles. The fourth-order valence-corrected chi connectivity index (χ4v) is 5.89. The van der Waals surface area contributed by atoms with Crippen LogP contribution in [0.2, 0.25) is 5.02 Å². The van der Waals surface area contributed by atoms with E-state index in [-0.39, 0.29) is 41.7 Å². The number of carboxylic acid groups (broad SMARTS) is 1. The number of hydrogen-bond acceptors (Lipinski definition) is 5. The van der Waals surface area contributed by atoms with E-state index in [1.54, 1.807) is 35.4 Å². The quantitative estimate of drug-likeness (QED) is 0.248. The van der Waals surface area contributed by atoms with Crippen LogP contribution in [0, 0.1) is 5.82 Å². The number of carbonyl (C=O) groups is 3. The highest BCUT2D eigenvalue weighted by Gasteiger charge is 2.51. The number of H-pyrrole nitrogens is 1. The standard InChI is InChI=1S/C31H27ClFN5O5/c1-37(30(41)42)20-9-7-19(8-10-20)27-34-16-24(35-27)21(15-18-5-3-2-4-6-18)28(39)38-14-13-31(17-38)25-23(36-29(40)43-31)12-11-22(32)26(25)33/h2-12,16,21H,13-15,17H2,1H3,(H,34,35)(H,36,40)(H,41,42)/t21?,31-/m0/s1. The molecule has 0 bridgehead atoms. The average Bonchev–Trinajstić information content (AvgIpc) is 3.66. The van der Waals surface area contributed by atoms with Crippen LogP contribution in [0.1, 0.15) is 29.2 Å². The van der Waals surface area contributed by atoms with Crippen molar-refractivity contribution in [2.75, 3.05) is 30.4 Å². The van der Waals surface area contributed by atoms with Crippen LogP contribution >= 0.6 is 11.6 Å². The van der Waals surface area contributed by atoms with Gasteiger partial charge in [0.05, 0.1) is 28.7 Å². The lowest BCUT2D eigenvalue weighted by molar-refractivity contribution is -0.133. The molecule has 2 atom stereocenters. The number of anilines is 2. The van der Waals surface area contributed by atoms with Gasteiger partial charge in [-0.2, -0.15) is 0 Å². The third-order valence-corrected chi connectivity index (χ3v) is 8.28. The van der Waals surface area contributed by atoms with Crippen molar-refractivity contribution in [3.05, 3.63) is 101 Å². The Labute approximate surface area is 251 Å². The molecule has 1 saturated heterocycles. The summed E-state index contributed by atoms with van der Waals surface area (Å²) in [5.41, 5.74) is 1.76. The van der Waals surface area contributed by atoms with Crippen molar-refractivity contribution in [1.82, 2.24) is 14.9 Å². The molecule has 0 radical (unpaired) electrons. The Morgan fingerprint density at radius 1 is 1.16 bits per heavy atom. The Kier molecular flexibility index (Phi) is 7.26. The normalized spacial score (nSPS) is 18.1. The van der Waals surface area contributed by atoms with Gasteiger partial charge in [0.25, 0.3) is 0 Å². The van der Waals surface area contributed by atoms with Crippen molar-refractivity contribution in [2.24, 2.45) is 0 Å². The SMILES string of the molecule is CN(C(=O)O)c1ccc(-c2ncc(C(Cc3ccccc3)C(=O)N3CC[C@@]4(C3)OC(=O)Nc3ccc(Cl)c(F)c34)[nH]2)cc1. The summed E-state index contributed by atoms with van der Waals surface area (Å²) in [4.78, 5) is 48.4. The molecule has 6 rings (SSSR count). The Bertz CT molecular complexity index is 1710. The van der Waals surface area contributed by atoms with Crippen LogP contribution in [0.4, 0.5) is 25.4 Å². The second-order valence-corrected chi connectivity index (χ2v) is 11.0. The van der Waals surface area contributed by atoms with E-state index in [0.29, 0.717) is 29.2 Å². The summed E-state index contributed by atoms with van der Waals surface area (Å²) in [6.07, 6.45) is 0.393. The van der Waals surface area contributed by atoms with E-state index in [9.17, 15) is 19.5 Å². The van der Waals surface area contributed by atoms with Gasteiger partial charge in [0.2, 0.25) is 5.91 Å². The van der Waals surface area contributed by atoms with E-state index in [0.717, 1.165) is 10.5 Å². The molecule has 1 unspecified atom stereocenters. The van der Waals surface area contributed by atoms with E-state index < -0.39 is 29.5 Å². The van der Waals surface area contributed by atoms with Crippen LogP contribution in [0.25, 0.3) is 11.4 Å². The first kappa shape index (κ1) is 28.2. The lowest BCUT2D eigenvalue weighted by Gasteiger charge is -2.36. The van der Waals surface area contributed by atoms with E-state index in [1.165, 1.54) is 19.2 Å². The molecular formula is C31H27ClFN5O5. The molecule has 43 heavy (non-hydrogen) atoms. The highest BCUT2D eigenvalue weighted by molar-refractivity contribution is 6.31. The van der Waals surface area contributed by atoms with Crippen LogP contribution in [-0.2, 0) is 21.6 Å². The minimum absolute atomic E-state index is 0.0334. The number of hydrogen-bond donors (Lipinski definition) is 3. The van der Waals surface area contributed by atoms with Crippen molar-refractivity contribution < 1.29 is 28.6 Å². The van der Waals surface area contributed by atoms with Crippen molar-refractivity contribution >= 4 is 41.1 Å². The van der Waals surface area contributed by atoms with Crippen LogP contribution in [0.15, 0.2) is 72.9 Å². The first-order valence-corrected chi connectivity index (χ1v) is 14.0. The number of imidazole rings is 1. The predicted octanol–water partition coefficient (Wildman–Crippen LogP) is 6.00. The molecule has 220 valence electrons. The molecule has 3 N–H and O–H groups in total. The predicted molar refractivity (Wildman–Crippen MR) is 158 cm³/mol. The number of nitrogens with one attached hydrogen (secondary N) is 2. The highest BCUT2D eigenvalue weighted by Crippen LogP contribution is 2.46. The first-order chi connectivity index (χ1) is 20.6. The van der Waals surface area contributed by atoms with Crippen LogP contribution in [-0.4, -0.2) is 58.2 Å². The molecule has 2 aliphatic rings. The van der Waals surface area contributed by atoms with Crippen molar-refractivity contribution in [1.29, 1.82) is 0 Å². The molecule has 1 spiro atoms. The molecule has 10 nitrogen and oxygen atoms in total. The molecule has 2 aliphatic heterocycles. The Morgan fingerprint density at radius 3 is 2.63 bits per heavy atom. The molecule has 1 aromatic heterocycles. The Hall–Kier alpha value is -4.90. The third-order valence-electron chi connectivity index (χ3n) is 7.99. The third kappa shape index (κ3) is 5.27. The zero-order chi connectivity index (χ0) is 30.3. The molecular weight excluding hydrogens is 577 g/mol. The van der Waals surface area contributed by atoms with Gasteiger partial charge >= 0.3 is 12.2 Å². The number of nitrogens with zero attached hydrogens (tertiary/aromatic N) is 3. The number of carbonyl (C=O) groups excluding carboxylic acids is 2. The summed E-state index contributed by atoms with van der Waals surface area (Å²) in [5, 5.41) is 11.7. The van der Waals surface area contributed by atoms with Gasteiger partial charge in [0, 0.05) is 43.2 Å². The summed E-state index contributed by atoms with van der Waals surface area (Å²) >= 11 is 6.09. The fourth-order valence-electron chi connectivity index (χ4n) is 5.73. The number of fused-ring (bicyclic) bond motifs is 2. The summed E-state index contributed by atoms with van der Waals surface area (Å²) in [6, 6.07) is 19.3. The topological polar surface area (TPSA) is 128 Å². The van der Waals surface area contributed by atoms with Gasteiger partial charge in [-0.1, -0.05) is 41.9 Å². The maximum Gasteiger partial charge on any atom is 0.412 e. The van der Waals surface area contributed by atoms with Crippen LogP contribution < -0.4 is 10.2 Å². The van der Waals surface area contributed by atoms with E-state index in [2.05, 4.69) is 15.3 Å². The summed E-state index contributed by atoms with van der Waals surface area (Å²) in [7, 11) is 1.46. The number of benzene rings is 3. The zero-order valence-electron chi connectivity index (χ0n) is 23.0. The van der Waals surface area contributed by atoms with Gasteiger partial charge in [-0.3, -0.25) is 15.0 Å². The largest absolute Gasteiger partial charge is 0.465 e. The lowest BCUT2D eigenvalue weighted by Crippen LogP contribution is -2.44. The number of aromatic nitrogens is 2. The smallest absolute Gasteiger partial charge is 0.412 e. The number of likely N-dealkylation sites (tertiary alicyclic amines) is 1. The number of halogens is 2.